The number of anilines is 1. The summed E-state index contributed by atoms with van der Waals surface area (Å²) in [4.78, 5) is 12.1. The fourth-order valence-corrected chi connectivity index (χ4v) is 3.11. The third-order valence-corrected chi connectivity index (χ3v) is 4.28. The summed E-state index contributed by atoms with van der Waals surface area (Å²) in [5.74, 6) is -1.46. The van der Waals surface area contributed by atoms with Crippen LogP contribution in [0.15, 0.2) is 35.2 Å². The Morgan fingerprint density at radius 3 is 2.64 bits per heavy atom. The van der Waals surface area contributed by atoms with E-state index in [0.29, 0.717) is 10.7 Å². The van der Waals surface area contributed by atoms with E-state index in [-0.39, 0.29) is 16.6 Å². The lowest BCUT2D eigenvalue weighted by Crippen LogP contribution is -2.15. The van der Waals surface area contributed by atoms with Crippen molar-refractivity contribution in [2.75, 3.05) is 11.1 Å². The SMILES string of the molecule is Cc1cc(C)c(NC(=O)CSc2cc(F)ccc2F)c(Cl)c1. The molecule has 0 bridgehead atoms. The van der Waals surface area contributed by atoms with Gasteiger partial charge >= 0.3 is 0 Å². The van der Waals surface area contributed by atoms with E-state index in [9.17, 15) is 13.6 Å². The summed E-state index contributed by atoms with van der Waals surface area (Å²) in [5.41, 5.74) is 2.38. The summed E-state index contributed by atoms with van der Waals surface area (Å²) < 4.78 is 26.5. The van der Waals surface area contributed by atoms with E-state index >= 15 is 0 Å². The zero-order valence-corrected chi connectivity index (χ0v) is 13.6. The van der Waals surface area contributed by atoms with E-state index in [1.54, 1.807) is 6.07 Å². The predicted molar refractivity (Wildman–Crippen MR) is 86.6 cm³/mol. The van der Waals surface area contributed by atoms with E-state index in [0.717, 1.165) is 41.1 Å². The Morgan fingerprint density at radius 2 is 1.95 bits per heavy atom. The van der Waals surface area contributed by atoms with Crippen LogP contribution < -0.4 is 5.32 Å². The molecule has 0 atom stereocenters. The van der Waals surface area contributed by atoms with Gasteiger partial charge in [-0.2, -0.15) is 0 Å². The van der Waals surface area contributed by atoms with Crippen LogP contribution in [-0.2, 0) is 4.79 Å². The van der Waals surface area contributed by atoms with Gasteiger partial charge in [-0.1, -0.05) is 17.7 Å². The largest absolute Gasteiger partial charge is 0.324 e. The molecule has 2 aromatic carbocycles. The van der Waals surface area contributed by atoms with Crippen LogP contribution in [0.5, 0.6) is 0 Å². The van der Waals surface area contributed by atoms with Crippen molar-refractivity contribution in [2.24, 2.45) is 0 Å². The van der Waals surface area contributed by atoms with Crippen LogP contribution >= 0.6 is 23.4 Å². The number of hydrogen-bond acceptors (Lipinski definition) is 2. The molecule has 0 aliphatic rings. The van der Waals surface area contributed by atoms with E-state index in [4.69, 9.17) is 11.6 Å². The minimum absolute atomic E-state index is 0.0377. The Labute approximate surface area is 136 Å². The number of thioether (sulfide) groups is 1. The third-order valence-electron chi connectivity index (χ3n) is 2.95. The van der Waals surface area contributed by atoms with Gasteiger partial charge in [0.25, 0.3) is 0 Å². The summed E-state index contributed by atoms with van der Waals surface area (Å²) in [5, 5.41) is 3.15. The van der Waals surface area contributed by atoms with Crippen molar-refractivity contribution in [3.63, 3.8) is 0 Å². The predicted octanol–water partition coefficient (Wildman–Crippen LogP) is 4.97. The van der Waals surface area contributed by atoms with Gasteiger partial charge in [-0.3, -0.25) is 4.79 Å². The Balaban J connectivity index is 2.03. The Kier molecular flexibility index (Phi) is 5.42. The number of amides is 1. The van der Waals surface area contributed by atoms with Crippen LogP contribution in [-0.4, -0.2) is 11.7 Å². The fraction of sp³-hybridized carbons (Fsp3) is 0.188. The van der Waals surface area contributed by atoms with Crippen molar-refractivity contribution in [3.8, 4) is 0 Å². The van der Waals surface area contributed by atoms with Crippen LogP contribution in [0, 0.1) is 25.5 Å². The van der Waals surface area contributed by atoms with Gasteiger partial charge in [-0.15, -0.1) is 11.8 Å². The van der Waals surface area contributed by atoms with Gasteiger partial charge in [0.05, 0.1) is 16.5 Å². The molecule has 116 valence electrons. The van der Waals surface area contributed by atoms with Crippen molar-refractivity contribution < 1.29 is 13.6 Å². The highest BCUT2D eigenvalue weighted by Crippen LogP contribution is 2.28. The number of benzene rings is 2. The van der Waals surface area contributed by atoms with E-state index in [1.165, 1.54) is 0 Å². The molecule has 2 aromatic rings. The molecule has 0 aliphatic heterocycles. The van der Waals surface area contributed by atoms with E-state index < -0.39 is 11.6 Å². The number of halogens is 3. The zero-order chi connectivity index (χ0) is 16.3. The van der Waals surface area contributed by atoms with Gasteiger partial charge in [0.15, 0.2) is 0 Å². The molecule has 0 aliphatic carbocycles. The summed E-state index contributed by atoms with van der Waals surface area (Å²) in [6, 6.07) is 6.80. The second-order valence-electron chi connectivity index (χ2n) is 4.85. The zero-order valence-electron chi connectivity index (χ0n) is 12.0. The van der Waals surface area contributed by atoms with E-state index in [2.05, 4.69) is 5.32 Å². The fourth-order valence-electron chi connectivity index (χ4n) is 1.98. The Bertz CT molecular complexity index is 698. The highest BCUT2D eigenvalue weighted by Gasteiger charge is 2.11. The summed E-state index contributed by atoms with van der Waals surface area (Å²) in [6.07, 6.45) is 0. The molecule has 0 unspecified atom stereocenters. The molecular formula is C16H14ClF2NOS. The molecule has 0 aromatic heterocycles. The number of carbonyl (C=O) groups is 1. The molecule has 0 spiro atoms. The lowest BCUT2D eigenvalue weighted by atomic mass is 10.1. The molecule has 2 nitrogen and oxygen atoms in total. The number of hydrogen-bond donors (Lipinski definition) is 1. The molecule has 0 radical (unpaired) electrons. The van der Waals surface area contributed by atoms with Crippen molar-refractivity contribution >= 4 is 35.0 Å². The van der Waals surface area contributed by atoms with Crippen LogP contribution in [0.1, 0.15) is 11.1 Å². The van der Waals surface area contributed by atoms with Crippen molar-refractivity contribution in [3.05, 3.63) is 58.1 Å². The smallest absolute Gasteiger partial charge is 0.234 e. The molecular weight excluding hydrogens is 328 g/mol. The van der Waals surface area contributed by atoms with Crippen molar-refractivity contribution in [1.29, 1.82) is 0 Å². The van der Waals surface area contributed by atoms with Crippen LogP contribution in [0.3, 0.4) is 0 Å². The van der Waals surface area contributed by atoms with Gasteiger partial charge in [-0.25, -0.2) is 8.78 Å². The molecule has 6 heteroatoms. The minimum Gasteiger partial charge on any atom is -0.324 e. The molecule has 0 saturated carbocycles. The molecule has 1 N–H and O–H groups in total. The van der Waals surface area contributed by atoms with Gasteiger partial charge in [0, 0.05) is 4.90 Å². The summed E-state index contributed by atoms with van der Waals surface area (Å²) >= 11 is 7.04. The van der Waals surface area contributed by atoms with Crippen molar-refractivity contribution in [1.82, 2.24) is 0 Å². The third kappa shape index (κ3) is 4.21. The highest BCUT2D eigenvalue weighted by molar-refractivity contribution is 8.00. The lowest BCUT2D eigenvalue weighted by molar-refractivity contribution is -0.113. The highest BCUT2D eigenvalue weighted by atomic mass is 35.5. The quantitative estimate of drug-likeness (QED) is 0.796. The first-order valence-electron chi connectivity index (χ1n) is 6.51. The second-order valence-corrected chi connectivity index (χ2v) is 6.27. The standard InChI is InChI=1S/C16H14ClF2NOS/c1-9-5-10(2)16(12(17)6-9)20-15(21)8-22-14-7-11(18)3-4-13(14)19/h3-7H,8H2,1-2H3,(H,20,21). The van der Waals surface area contributed by atoms with Crippen molar-refractivity contribution in [2.45, 2.75) is 18.7 Å². The molecule has 22 heavy (non-hydrogen) atoms. The van der Waals surface area contributed by atoms with Gasteiger partial charge < -0.3 is 5.32 Å². The second kappa shape index (κ2) is 7.11. The first kappa shape index (κ1) is 16.8. The van der Waals surface area contributed by atoms with Gasteiger partial charge in [0.1, 0.15) is 11.6 Å². The minimum atomic E-state index is -0.552. The first-order chi connectivity index (χ1) is 10.4. The van der Waals surface area contributed by atoms with E-state index in [1.807, 2.05) is 19.9 Å². The molecule has 0 saturated heterocycles. The van der Waals surface area contributed by atoms with Crippen LogP contribution in [0.25, 0.3) is 0 Å². The summed E-state index contributed by atoms with van der Waals surface area (Å²) in [6.45, 7) is 3.75. The van der Waals surface area contributed by atoms with Crippen LogP contribution in [0.4, 0.5) is 14.5 Å². The molecule has 1 amide bonds. The molecule has 2 rings (SSSR count). The first-order valence-corrected chi connectivity index (χ1v) is 7.87. The number of rotatable bonds is 4. The maximum absolute atomic E-state index is 13.5. The average Bonchev–Trinajstić information content (AvgIpc) is 2.44. The Morgan fingerprint density at radius 1 is 1.23 bits per heavy atom. The van der Waals surface area contributed by atoms with Gasteiger partial charge in [-0.05, 0) is 49.2 Å². The molecule has 0 fully saturated rings. The molecule has 0 heterocycles. The average molecular weight is 342 g/mol. The normalized spacial score (nSPS) is 10.6. The van der Waals surface area contributed by atoms with Gasteiger partial charge in [0.2, 0.25) is 5.91 Å². The monoisotopic (exact) mass is 341 g/mol. The lowest BCUT2D eigenvalue weighted by Gasteiger charge is -2.11. The summed E-state index contributed by atoms with van der Waals surface area (Å²) in [7, 11) is 0. The number of carbonyl (C=O) groups excluding carboxylic acids is 1. The maximum atomic E-state index is 13.5. The van der Waals surface area contributed by atoms with Crippen LogP contribution in [0.2, 0.25) is 5.02 Å². The Hall–Kier alpha value is -1.59. The number of aryl methyl sites for hydroxylation is 2. The maximum Gasteiger partial charge on any atom is 0.234 e. The number of nitrogens with one attached hydrogen (secondary N) is 1. The topological polar surface area (TPSA) is 29.1 Å².